The number of aryl methyl sites for hydroxylation is 1. The van der Waals surface area contributed by atoms with Crippen molar-refractivity contribution in [3.8, 4) is 0 Å². The van der Waals surface area contributed by atoms with Gasteiger partial charge in [-0.15, -0.1) is 0 Å². The van der Waals surface area contributed by atoms with Crippen molar-refractivity contribution >= 4 is 0 Å². The first-order valence-corrected chi connectivity index (χ1v) is 6.76. The maximum atomic E-state index is 6.09. The van der Waals surface area contributed by atoms with E-state index in [1.165, 1.54) is 24.0 Å². The Balaban J connectivity index is 2.16. The van der Waals surface area contributed by atoms with E-state index in [0.717, 1.165) is 13.0 Å². The number of hydrogen-bond donors (Lipinski definition) is 2. The zero-order chi connectivity index (χ0) is 12.3. The van der Waals surface area contributed by atoms with E-state index >= 15 is 0 Å². The van der Waals surface area contributed by atoms with Gasteiger partial charge in [0.2, 0.25) is 0 Å². The first-order valence-electron chi connectivity index (χ1n) is 6.76. The monoisotopic (exact) mass is 232 g/mol. The summed E-state index contributed by atoms with van der Waals surface area (Å²) in [5.41, 5.74) is 8.86. The molecular formula is C15H24N2. The first kappa shape index (κ1) is 12.6. The Labute approximate surface area is 105 Å². The maximum absolute atomic E-state index is 6.09. The van der Waals surface area contributed by atoms with Gasteiger partial charge in [-0.3, -0.25) is 0 Å². The number of nitrogens with two attached hydrogens (primary N) is 1. The van der Waals surface area contributed by atoms with Crippen molar-refractivity contribution in [1.82, 2.24) is 5.32 Å². The molecule has 0 aromatic heterocycles. The third-order valence-electron chi connectivity index (χ3n) is 3.79. The Morgan fingerprint density at radius 1 is 1.29 bits per heavy atom. The maximum Gasteiger partial charge on any atom is 0.0171 e. The minimum absolute atomic E-state index is 0.300. The summed E-state index contributed by atoms with van der Waals surface area (Å²) in [5, 5.41) is 3.61. The molecule has 1 aliphatic rings. The fourth-order valence-corrected chi connectivity index (χ4v) is 2.82. The van der Waals surface area contributed by atoms with Gasteiger partial charge in [0, 0.05) is 24.5 Å². The topological polar surface area (TPSA) is 38.0 Å². The standard InChI is InChI=1S/C15H24N2/c1-3-4-15-14(9-13(16)10-17-15)12-7-5-11(2)6-8-12/h5-8,13-15,17H,3-4,9-10,16H2,1-2H3. The molecule has 1 heterocycles. The Morgan fingerprint density at radius 3 is 2.65 bits per heavy atom. The Morgan fingerprint density at radius 2 is 2.00 bits per heavy atom. The van der Waals surface area contributed by atoms with Gasteiger partial charge in [-0.25, -0.2) is 0 Å². The van der Waals surface area contributed by atoms with Gasteiger partial charge in [0.1, 0.15) is 0 Å². The van der Waals surface area contributed by atoms with Crippen LogP contribution in [0.4, 0.5) is 0 Å². The minimum Gasteiger partial charge on any atom is -0.327 e. The van der Waals surface area contributed by atoms with Crippen molar-refractivity contribution < 1.29 is 0 Å². The van der Waals surface area contributed by atoms with Crippen molar-refractivity contribution in [3.05, 3.63) is 35.4 Å². The average molecular weight is 232 g/mol. The molecule has 3 unspecified atom stereocenters. The molecule has 1 saturated heterocycles. The number of benzene rings is 1. The molecule has 0 spiro atoms. The lowest BCUT2D eigenvalue weighted by atomic mass is 9.81. The summed E-state index contributed by atoms with van der Waals surface area (Å²) in [6, 6.07) is 9.85. The van der Waals surface area contributed by atoms with Crippen molar-refractivity contribution in [2.24, 2.45) is 5.73 Å². The fraction of sp³-hybridized carbons (Fsp3) is 0.600. The van der Waals surface area contributed by atoms with Crippen LogP contribution in [0.3, 0.4) is 0 Å². The van der Waals surface area contributed by atoms with E-state index in [2.05, 4.69) is 43.4 Å². The number of piperidine rings is 1. The summed E-state index contributed by atoms with van der Waals surface area (Å²) in [6.07, 6.45) is 3.58. The molecule has 0 aliphatic carbocycles. The molecule has 2 nitrogen and oxygen atoms in total. The zero-order valence-electron chi connectivity index (χ0n) is 10.9. The van der Waals surface area contributed by atoms with Gasteiger partial charge in [-0.1, -0.05) is 43.2 Å². The van der Waals surface area contributed by atoms with E-state index < -0.39 is 0 Å². The summed E-state index contributed by atoms with van der Waals surface area (Å²) in [5.74, 6) is 0.583. The molecule has 1 fully saturated rings. The van der Waals surface area contributed by atoms with Crippen molar-refractivity contribution in [3.63, 3.8) is 0 Å². The quantitative estimate of drug-likeness (QED) is 0.840. The molecule has 0 amide bonds. The van der Waals surface area contributed by atoms with Crippen LogP contribution in [0.2, 0.25) is 0 Å². The van der Waals surface area contributed by atoms with Gasteiger partial charge in [-0.2, -0.15) is 0 Å². The van der Waals surface area contributed by atoms with Crippen molar-refractivity contribution in [2.45, 2.75) is 51.1 Å². The Bertz CT molecular complexity index is 344. The molecule has 1 aliphatic heterocycles. The largest absolute Gasteiger partial charge is 0.327 e. The molecule has 3 atom stereocenters. The van der Waals surface area contributed by atoms with E-state index in [1.807, 2.05) is 0 Å². The van der Waals surface area contributed by atoms with E-state index in [1.54, 1.807) is 0 Å². The fourth-order valence-electron chi connectivity index (χ4n) is 2.82. The molecular weight excluding hydrogens is 208 g/mol. The molecule has 1 aromatic carbocycles. The van der Waals surface area contributed by atoms with Crippen LogP contribution in [-0.4, -0.2) is 18.6 Å². The van der Waals surface area contributed by atoms with Gasteiger partial charge < -0.3 is 11.1 Å². The molecule has 0 bridgehead atoms. The minimum atomic E-state index is 0.300. The molecule has 2 heteroatoms. The normalized spacial score (nSPS) is 29.2. The predicted molar refractivity (Wildman–Crippen MR) is 73.2 cm³/mol. The summed E-state index contributed by atoms with van der Waals surface area (Å²) < 4.78 is 0. The molecule has 17 heavy (non-hydrogen) atoms. The van der Waals surface area contributed by atoms with Gasteiger partial charge in [-0.05, 0) is 25.3 Å². The number of rotatable bonds is 3. The lowest BCUT2D eigenvalue weighted by molar-refractivity contribution is 0.306. The van der Waals surface area contributed by atoms with Gasteiger partial charge in [0.05, 0.1) is 0 Å². The summed E-state index contributed by atoms with van der Waals surface area (Å²) in [4.78, 5) is 0. The highest BCUT2D eigenvalue weighted by atomic mass is 15.0. The van der Waals surface area contributed by atoms with Crippen LogP contribution in [0.25, 0.3) is 0 Å². The van der Waals surface area contributed by atoms with Crippen LogP contribution >= 0.6 is 0 Å². The second-order valence-electron chi connectivity index (χ2n) is 5.32. The van der Waals surface area contributed by atoms with Crippen molar-refractivity contribution in [2.75, 3.05) is 6.54 Å². The highest BCUT2D eigenvalue weighted by molar-refractivity contribution is 5.26. The molecule has 94 valence electrons. The molecule has 3 N–H and O–H groups in total. The summed E-state index contributed by atoms with van der Waals surface area (Å²) >= 11 is 0. The van der Waals surface area contributed by atoms with Gasteiger partial charge >= 0.3 is 0 Å². The molecule has 2 rings (SSSR count). The van der Waals surface area contributed by atoms with Gasteiger partial charge in [0.15, 0.2) is 0 Å². The zero-order valence-corrected chi connectivity index (χ0v) is 10.9. The number of hydrogen-bond acceptors (Lipinski definition) is 2. The van der Waals surface area contributed by atoms with Crippen LogP contribution in [0.5, 0.6) is 0 Å². The van der Waals surface area contributed by atoms with E-state index in [0.29, 0.717) is 18.0 Å². The highest BCUT2D eigenvalue weighted by Crippen LogP contribution is 2.30. The summed E-state index contributed by atoms with van der Waals surface area (Å²) in [7, 11) is 0. The number of nitrogens with one attached hydrogen (secondary N) is 1. The first-order chi connectivity index (χ1) is 8.20. The van der Waals surface area contributed by atoms with Crippen LogP contribution in [0.15, 0.2) is 24.3 Å². The van der Waals surface area contributed by atoms with E-state index in [4.69, 9.17) is 5.73 Å². The smallest absolute Gasteiger partial charge is 0.0171 e. The van der Waals surface area contributed by atoms with Crippen molar-refractivity contribution in [1.29, 1.82) is 0 Å². The van der Waals surface area contributed by atoms with Crippen LogP contribution in [-0.2, 0) is 0 Å². The van der Waals surface area contributed by atoms with E-state index in [-0.39, 0.29) is 0 Å². The lowest BCUT2D eigenvalue weighted by Crippen LogP contribution is -2.49. The highest BCUT2D eigenvalue weighted by Gasteiger charge is 2.28. The lowest BCUT2D eigenvalue weighted by Gasteiger charge is -2.36. The summed E-state index contributed by atoms with van der Waals surface area (Å²) in [6.45, 7) is 5.35. The Hall–Kier alpha value is -0.860. The SMILES string of the molecule is CCCC1NCC(N)CC1c1ccc(C)cc1. The second kappa shape index (κ2) is 5.65. The molecule has 0 radical (unpaired) electrons. The molecule has 0 saturated carbocycles. The molecule has 1 aromatic rings. The second-order valence-corrected chi connectivity index (χ2v) is 5.32. The third-order valence-corrected chi connectivity index (χ3v) is 3.79. The third kappa shape index (κ3) is 3.08. The van der Waals surface area contributed by atoms with Crippen LogP contribution in [0, 0.1) is 6.92 Å². The van der Waals surface area contributed by atoms with Crippen LogP contribution < -0.4 is 11.1 Å². The Kier molecular flexibility index (Phi) is 4.19. The van der Waals surface area contributed by atoms with Crippen LogP contribution in [0.1, 0.15) is 43.2 Å². The average Bonchev–Trinajstić information content (AvgIpc) is 2.33. The van der Waals surface area contributed by atoms with Gasteiger partial charge in [0.25, 0.3) is 0 Å². The predicted octanol–water partition coefficient (Wildman–Crippen LogP) is 2.57. The van der Waals surface area contributed by atoms with E-state index in [9.17, 15) is 0 Å².